The standard InChI is InChI=1S/C9H15F3N2O3/c1-2-13-4-3-7(15)14(5-8(16)17)6-9(10,11)12/h13H,2-6H2,1H3,(H,16,17). The van der Waals surface area contributed by atoms with E-state index in [1.165, 1.54) is 0 Å². The van der Waals surface area contributed by atoms with Gasteiger partial charge in [0, 0.05) is 13.0 Å². The van der Waals surface area contributed by atoms with Crippen LogP contribution in [0.3, 0.4) is 0 Å². The van der Waals surface area contributed by atoms with Gasteiger partial charge in [-0.1, -0.05) is 6.92 Å². The van der Waals surface area contributed by atoms with Crippen molar-refractivity contribution in [2.45, 2.75) is 19.5 Å². The molecule has 5 nitrogen and oxygen atoms in total. The van der Waals surface area contributed by atoms with E-state index in [9.17, 15) is 22.8 Å². The van der Waals surface area contributed by atoms with Gasteiger partial charge in [-0.2, -0.15) is 13.2 Å². The van der Waals surface area contributed by atoms with Gasteiger partial charge in [-0.25, -0.2) is 0 Å². The van der Waals surface area contributed by atoms with Crippen LogP contribution in [0.15, 0.2) is 0 Å². The van der Waals surface area contributed by atoms with Crippen LogP contribution < -0.4 is 5.32 Å². The molecule has 2 N–H and O–H groups in total. The van der Waals surface area contributed by atoms with Crippen LogP contribution in [-0.4, -0.2) is 54.2 Å². The molecular weight excluding hydrogens is 241 g/mol. The summed E-state index contributed by atoms with van der Waals surface area (Å²) in [4.78, 5) is 22.0. The second kappa shape index (κ2) is 7.10. The van der Waals surface area contributed by atoms with E-state index in [1.54, 1.807) is 6.92 Å². The summed E-state index contributed by atoms with van der Waals surface area (Å²) < 4.78 is 36.3. The van der Waals surface area contributed by atoms with Gasteiger partial charge < -0.3 is 15.3 Å². The zero-order valence-corrected chi connectivity index (χ0v) is 9.38. The number of halogens is 3. The van der Waals surface area contributed by atoms with Crippen molar-refractivity contribution < 1.29 is 27.9 Å². The Kier molecular flexibility index (Phi) is 6.55. The minimum atomic E-state index is -4.59. The number of nitrogens with one attached hydrogen (secondary N) is 1. The second-order valence-electron chi connectivity index (χ2n) is 3.36. The van der Waals surface area contributed by atoms with Gasteiger partial charge in [0.1, 0.15) is 13.1 Å². The summed E-state index contributed by atoms with van der Waals surface area (Å²) >= 11 is 0. The van der Waals surface area contributed by atoms with Crippen LogP contribution in [-0.2, 0) is 9.59 Å². The number of carboxylic acid groups (broad SMARTS) is 1. The normalized spacial score (nSPS) is 11.3. The summed E-state index contributed by atoms with van der Waals surface area (Å²) in [6, 6.07) is 0. The molecule has 0 radical (unpaired) electrons. The highest BCUT2D eigenvalue weighted by Crippen LogP contribution is 2.16. The van der Waals surface area contributed by atoms with Crippen molar-refractivity contribution in [1.29, 1.82) is 0 Å². The molecule has 100 valence electrons. The van der Waals surface area contributed by atoms with Crippen molar-refractivity contribution in [2.24, 2.45) is 0 Å². The SMILES string of the molecule is CCNCCC(=O)N(CC(=O)O)CC(F)(F)F. The Morgan fingerprint density at radius 3 is 2.35 bits per heavy atom. The van der Waals surface area contributed by atoms with Crippen LogP contribution in [0.4, 0.5) is 13.2 Å². The average Bonchev–Trinajstić information content (AvgIpc) is 2.14. The maximum absolute atomic E-state index is 12.1. The minimum absolute atomic E-state index is 0.156. The molecule has 0 aromatic rings. The van der Waals surface area contributed by atoms with E-state index in [1.807, 2.05) is 0 Å². The van der Waals surface area contributed by atoms with Gasteiger partial charge >= 0.3 is 12.1 Å². The first-order valence-corrected chi connectivity index (χ1v) is 5.03. The second-order valence-corrected chi connectivity index (χ2v) is 3.36. The monoisotopic (exact) mass is 256 g/mol. The molecule has 0 aromatic heterocycles. The number of carbonyl (C=O) groups excluding carboxylic acids is 1. The number of aliphatic carboxylic acids is 1. The van der Waals surface area contributed by atoms with Crippen molar-refractivity contribution in [3.8, 4) is 0 Å². The molecule has 0 heterocycles. The Balaban J connectivity index is 4.35. The van der Waals surface area contributed by atoms with Crippen molar-refractivity contribution in [3.63, 3.8) is 0 Å². The Hall–Kier alpha value is -1.31. The number of amides is 1. The Labute approximate surface area is 96.6 Å². The highest BCUT2D eigenvalue weighted by Gasteiger charge is 2.33. The van der Waals surface area contributed by atoms with Gasteiger partial charge in [0.15, 0.2) is 0 Å². The Morgan fingerprint density at radius 1 is 1.35 bits per heavy atom. The molecule has 0 saturated heterocycles. The Bertz CT molecular complexity index is 269. The predicted octanol–water partition coefficient (Wildman–Crippen LogP) is 0.461. The summed E-state index contributed by atoms with van der Waals surface area (Å²) in [6.45, 7) is 0.124. The topological polar surface area (TPSA) is 69.6 Å². The number of carboxylic acids is 1. The maximum atomic E-state index is 12.1. The summed E-state index contributed by atoms with van der Waals surface area (Å²) in [7, 11) is 0. The molecule has 0 aromatic carbocycles. The van der Waals surface area contributed by atoms with E-state index in [-0.39, 0.29) is 13.0 Å². The number of rotatable bonds is 7. The largest absolute Gasteiger partial charge is 0.480 e. The van der Waals surface area contributed by atoms with E-state index in [2.05, 4.69) is 5.32 Å². The zero-order chi connectivity index (χ0) is 13.5. The molecule has 0 bridgehead atoms. The molecule has 1 amide bonds. The molecule has 0 spiro atoms. The fraction of sp³-hybridized carbons (Fsp3) is 0.778. The minimum Gasteiger partial charge on any atom is -0.480 e. The van der Waals surface area contributed by atoms with Crippen molar-refractivity contribution >= 4 is 11.9 Å². The first-order chi connectivity index (χ1) is 7.76. The van der Waals surface area contributed by atoms with E-state index >= 15 is 0 Å². The van der Waals surface area contributed by atoms with Crippen molar-refractivity contribution in [3.05, 3.63) is 0 Å². The molecule has 0 unspecified atom stereocenters. The Morgan fingerprint density at radius 2 is 1.94 bits per heavy atom. The van der Waals surface area contributed by atoms with E-state index in [4.69, 9.17) is 5.11 Å². The first kappa shape index (κ1) is 15.7. The molecular formula is C9H15F3N2O3. The molecule has 0 rings (SSSR count). The predicted molar refractivity (Wildman–Crippen MR) is 53.4 cm³/mol. The summed E-state index contributed by atoms with van der Waals surface area (Å²) in [5.74, 6) is -2.29. The lowest BCUT2D eigenvalue weighted by Gasteiger charge is -2.22. The van der Waals surface area contributed by atoms with Gasteiger partial charge in [0.25, 0.3) is 0 Å². The molecule has 8 heteroatoms. The lowest BCUT2D eigenvalue weighted by atomic mass is 10.3. The van der Waals surface area contributed by atoms with Crippen LogP contribution in [0, 0.1) is 0 Å². The van der Waals surface area contributed by atoms with Gasteiger partial charge in [0.2, 0.25) is 5.91 Å². The molecule has 0 aliphatic rings. The summed E-state index contributed by atoms with van der Waals surface area (Å²) in [5, 5.41) is 11.2. The van der Waals surface area contributed by atoms with Crippen LogP contribution >= 0.6 is 0 Å². The van der Waals surface area contributed by atoms with Gasteiger partial charge in [-0.05, 0) is 6.54 Å². The third kappa shape index (κ3) is 8.49. The van der Waals surface area contributed by atoms with E-state index < -0.39 is 31.1 Å². The number of carbonyl (C=O) groups is 2. The highest BCUT2D eigenvalue weighted by molar-refractivity contribution is 5.81. The number of hydrogen-bond acceptors (Lipinski definition) is 3. The third-order valence-corrected chi connectivity index (χ3v) is 1.81. The summed E-state index contributed by atoms with van der Waals surface area (Å²) in [5.41, 5.74) is 0. The van der Waals surface area contributed by atoms with Gasteiger partial charge in [-0.3, -0.25) is 9.59 Å². The average molecular weight is 256 g/mol. The van der Waals surface area contributed by atoms with Gasteiger partial charge in [-0.15, -0.1) is 0 Å². The number of alkyl halides is 3. The maximum Gasteiger partial charge on any atom is 0.406 e. The molecule has 0 fully saturated rings. The lowest BCUT2D eigenvalue weighted by Crippen LogP contribution is -2.42. The van der Waals surface area contributed by atoms with Crippen molar-refractivity contribution in [2.75, 3.05) is 26.2 Å². The van der Waals surface area contributed by atoms with Crippen LogP contribution in [0.5, 0.6) is 0 Å². The molecule has 0 atom stereocenters. The van der Waals surface area contributed by atoms with Crippen molar-refractivity contribution in [1.82, 2.24) is 10.2 Å². The number of nitrogens with zero attached hydrogens (tertiary/aromatic N) is 1. The highest BCUT2D eigenvalue weighted by atomic mass is 19.4. The fourth-order valence-electron chi connectivity index (χ4n) is 1.14. The number of hydrogen-bond donors (Lipinski definition) is 2. The van der Waals surface area contributed by atoms with Crippen LogP contribution in [0.2, 0.25) is 0 Å². The third-order valence-electron chi connectivity index (χ3n) is 1.81. The zero-order valence-electron chi connectivity index (χ0n) is 9.38. The quantitative estimate of drug-likeness (QED) is 0.649. The molecule has 0 saturated carbocycles. The molecule has 17 heavy (non-hydrogen) atoms. The fourth-order valence-corrected chi connectivity index (χ4v) is 1.14. The first-order valence-electron chi connectivity index (χ1n) is 5.03. The molecule has 0 aliphatic carbocycles. The van der Waals surface area contributed by atoms with E-state index in [0.29, 0.717) is 11.4 Å². The molecule has 0 aliphatic heterocycles. The van der Waals surface area contributed by atoms with E-state index in [0.717, 1.165) is 0 Å². The van der Waals surface area contributed by atoms with Crippen LogP contribution in [0.25, 0.3) is 0 Å². The smallest absolute Gasteiger partial charge is 0.406 e. The van der Waals surface area contributed by atoms with Crippen LogP contribution in [0.1, 0.15) is 13.3 Å². The lowest BCUT2D eigenvalue weighted by molar-refractivity contribution is -0.165. The summed E-state index contributed by atoms with van der Waals surface area (Å²) in [6.07, 6.45) is -4.75. The van der Waals surface area contributed by atoms with Gasteiger partial charge in [0.05, 0.1) is 0 Å².